The van der Waals surface area contributed by atoms with Crippen LogP contribution in [0.2, 0.25) is 0 Å². The van der Waals surface area contributed by atoms with E-state index < -0.39 is 0 Å². The Kier molecular flexibility index (Phi) is 4.96. The van der Waals surface area contributed by atoms with E-state index in [1.54, 1.807) is 14.2 Å². The van der Waals surface area contributed by atoms with Crippen LogP contribution in [0.25, 0.3) is 0 Å². The minimum atomic E-state index is -0.0143. The van der Waals surface area contributed by atoms with E-state index >= 15 is 0 Å². The molecule has 0 amide bonds. The fraction of sp³-hybridized carbons (Fsp3) is 0.375. The molecule has 1 aromatic heterocycles. The van der Waals surface area contributed by atoms with Crippen LogP contribution in [-0.4, -0.2) is 21.3 Å². The first-order chi connectivity index (χ1) is 10.0. The SMILES string of the molecule is CNC(c1cc(C)oc1C)c1ccc(OC)c(Br)c1OC. The van der Waals surface area contributed by atoms with Crippen molar-refractivity contribution in [2.24, 2.45) is 0 Å². The highest BCUT2D eigenvalue weighted by Crippen LogP contribution is 2.41. The van der Waals surface area contributed by atoms with E-state index in [1.807, 2.05) is 39.1 Å². The zero-order chi connectivity index (χ0) is 15.6. The third-order valence-electron chi connectivity index (χ3n) is 3.51. The number of aryl methyl sites for hydroxylation is 2. The van der Waals surface area contributed by atoms with Gasteiger partial charge in [-0.15, -0.1) is 0 Å². The Labute approximate surface area is 133 Å². The summed E-state index contributed by atoms with van der Waals surface area (Å²) in [4.78, 5) is 0. The molecule has 5 heteroatoms. The van der Waals surface area contributed by atoms with Gasteiger partial charge in [0.1, 0.15) is 27.5 Å². The maximum Gasteiger partial charge on any atom is 0.141 e. The molecule has 1 atom stereocenters. The Morgan fingerprint density at radius 2 is 1.86 bits per heavy atom. The van der Waals surface area contributed by atoms with Crippen LogP contribution in [0.3, 0.4) is 0 Å². The molecule has 114 valence electrons. The van der Waals surface area contributed by atoms with Gasteiger partial charge in [-0.1, -0.05) is 0 Å². The monoisotopic (exact) mass is 353 g/mol. The minimum Gasteiger partial charge on any atom is -0.495 e. The maximum absolute atomic E-state index is 5.65. The first-order valence-electron chi connectivity index (χ1n) is 6.68. The maximum atomic E-state index is 5.65. The van der Waals surface area contributed by atoms with Crippen molar-refractivity contribution in [1.82, 2.24) is 5.32 Å². The molecule has 0 saturated heterocycles. The van der Waals surface area contributed by atoms with Crippen molar-refractivity contribution in [3.63, 3.8) is 0 Å². The van der Waals surface area contributed by atoms with E-state index in [0.717, 1.165) is 38.6 Å². The van der Waals surface area contributed by atoms with Gasteiger partial charge in [0.15, 0.2) is 0 Å². The molecule has 0 saturated carbocycles. The van der Waals surface area contributed by atoms with Gasteiger partial charge in [0.25, 0.3) is 0 Å². The fourth-order valence-electron chi connectivity index (χ4n) is 2.56. The molecule has 0 aliphatic carbocycles. The summed E-state index contributed by atoms with van der Waals surface area (Å²) in [5.74, 6) is 3.30. The summed E-state index contributed by atoms with van der Waals surface area (Å²) in [6, 6.07) is 5.97. The van der Waals surface area contributed by atoms with Crippen LogP contribution in [0.4, 0.5) is 0 Å². The van der Waals surface area contributed by atoms with Crippen LogP contribution in [0, 0.1) is 13.8 Å². The van der Waals surface area contributed by atoms with Crippen molar-refractivity contribution >= 4 is 15.9 Å². The van der Waals surface area contributed by atoms with Crippen LogP contribution < -0.4 is 14.8 Å². The second-order valence-electron chi connectivity index (χ2n) is 4.79. The number of nitrogens with one attached hydrogen (secondary N) is 1. The van der Waals surface area contributed by atoms with Crippen molar-refractivity contribution < 1.29 is 13.9 Å². The molecular formula is C16H20BrNO3. The van der Waals surface area contributed by atoms with Crippen LogP contribution in [-0.2, 0) is 0 Å². The molecule has 21 heavy (non-hydrogen) atoms. The van der Waals surface area contributed by atoms with Gasteiger partial charge in [-0.05, 0) is 55.0 Å². The predicted octanol–water partition coefficient (Wildman–Crippen LogP) is 3.98. The topological polar surface area (TPSA) is 43.6 Å². The average molecular weight is 354 g/mol. The van der Waals surface area contributed by atoms with Gasteiger partial charge < -0.3 is 19.2 Å². The third kappa shape index (κ3) is 2.94. The van der Waals surface area contributed by atoms with Crippen molar-refractivity contribution in [3.8, 4) is 11.5 Å². The standard InChI is InChI=1S/C16H20BrNO3/c1-9-8-12(10(2)21-9)15(18-3)11-6-7-13(19-4)14(17)16(11)20-5/h6-8,15,18H,1-5H3. The number of furan rings is 1. The molecule has 2 aromatic rings. The molecule has 1 heterocycles. The quantitative estimate of drug-likeness (QED) is 0.882. The van der Waals surface area contributed by atoms with Gasteiger partial charge in [-0.25, -0.2) is 0 Å². The van der Waals surface area contributed by atoms with E-state index in [0.29, 0.717) is 0 Å². The third-order valence-corrected chi connectivity index (χ3v) is 4.26. The Bertz CT molecular complexity index is 637. The summed E-state index contributed by atoms with van der Waals surface area (Å²) in [5.41, 5.74) is 2.13. The Morgan fingerprint density at radius 1 is 1.14 bits per heavy atom. The first kappa shape index (κ1) is 15.9. The highest BCUT2D eigenvalue weighted by molar-refractivity contribution is 9.10. The minimum absolute atomic E-state index is 0.0143. The van der Waals surface area contributed by atoms with Crippen molar-refractivity contribution in [1.29, 1.82) is 0 Å². The van der Waals surface area contributed by atoms with Crippen LogP contribution in [0.1, 0.15) is 28.7 Å². The summed E-state index contributed by atoms with van der Waals surface area (Å²) < 4.78 is 17.4. The van der Waals surface area contributed by atoms with Crippen molar-refractivity contribution in [2.75, 3.05) is 21.3 Å². The summed E-state index contributed by atoms with van der Waals surface area (Å²) in [5, 5.41) is 3.33. The van der Waals surface area contributed by atoms with Gasteiger partial charge in [0.2, 0.25) is 0 Å². The Hall–Kier alpha value is -1.46. The molecule has 0 radical (unpaired) electrons. The van der Waals surface area contributed by atoms with Crippen LogP contribution >= 0.6 is 15.9 Å². The summed E-state index contributed by atoms with van der Waals surface area (Å²) in [6.45, 7) is 3.92. The highest BCUT2D eigenvalue weighted by atomic mass is 79.9. The van der Waals surface area contributed by atoms with Crippen molar-refractivity contribution in [2.45, 2.75) is 19.9 Å². The molecule has 0 fully saturated rings. The predicted molar refractivity (Wildman–Crippen MR) is 86.3 cm³/mol. The molecule has 0 aliphatic heterocycles. The molecule has 0 spiro atoms. The molecule has 1 aromatic carbocycles. The average Bonchev–Trinajstić information content (AvgIpc) is 2.79. The summed E-state index contributed by atoms with van der Waals surface area (Å²) >= 11 is 3.55. The van der Waals surface area contributed by atoms with Gasteiger partial charge in [0.05, 0.1) is 20.3 Å². The van der Waals surface area contributed by atoms with E-state index in [9.17, 15) is 0 Å². The molecule has 1 unspecified atom stereocenters. The smallest absolute Gasteiger partial charge is 0.141 e. The lowest BCUT2D eigenvalue weighted by atomic mass is 9.98. The van der Waals surface area contributed by atoms with Crippen molar-refractivity contribution in [3.05, 3.63) is 45.3 Å². The lowest BCUT2D eigenvalue weighted by Crippen LogP contribution is -2.19. The number of rotatable bonds is 5. The van der Waals surface area contributed by atoms with E-state index in [4.69, 9.17) is 13.9 Å². The second kappa shape index (κ2) is 6.54. The van der Waals surface area contributed by atoms with E-state index in [1.165, 1.54) is 0 Å². The molecular weight excluding hydrogens is 334 g/mol. The van der Waals surface area contributed by atoms with Gasteiger partial charge in [0, 0.05) is 11.1 Å². The number of halogens is 1. The molecule has 4 nitrogen and oxygen atoms in total. The Balaban J connectivity index is 2.57. The zero-order valence-corrected chi connectivity index (χ0v) is 14.5. The Morgan fingerprint density at radius 3 is 2.33 bits per heavy atom. The summed E-state index contributed by atoms with van der Waals surface area (Å²) in [6.07, 6.45) is 0. The lowest BCUT2D eigenvalue weighted by Gasteiger charge is -2.21. The lowest BCUT2D eigenvalue weighted by molar-refractivity contribution is 0.383. The van der Waals surface area contributed by atoms with Crippen LogP contribution in [0.15, 0.2) is 27.1 Å². The number of benzene rings is 1. The first-order valence-corrected chi connectivity index (χ1v) is 7.47. The van der Waals surface area contributed by atoms with Crippen LogP contribution in [0.5, 0.6) is 11.5 Å². The van der Waals surface area contributed by atoms with Gasteiger partial charge in [-0.3, -0.25) is 0 Å². The second-order valence-corrected chi connectivity index (χ2v) is 5.59. The zero-order valence-electron chi connectivity index (χ0n) is 12.9. The number of methoxy groups -OCH3 is 2. The van der Waals surface area contributed by atoms with Gasteiger partial charge >= 0.3 is 0 Å². The number of ether oxygens (including phenoxy) is 2. The fourth-order valence-corrected chi connectivity index (χ4v) is 3.25. The molecule has 0 bridgehead atoms. The van der Waals surface area contributed by atoms with Gasteiger partial charge in [-0.2, -0.15) is 0 Å². The largest absolute Gasteiger partial charge is 0.495 e. The summed E-state index contributed by atoms with van der Waals surface area (Å²) in [7, 11) is 5.21. The normalized spacial score (nSPS) is 12.3. The van der Waals surface area contributed by atoms with E-state index in [-0.39, 0.29) is 6.04 Å². The van der Waals surface area contributed by atoms with E-state index in [2.05, 4.69) is 21.2 Å². The number of hydrogen-bond acceptors (Lipinski definition) is 4. The molecule has 0 aliphatic rings. The highest BCUT2D eigenvalue weighted by Gasteiger charge is 2.23. The molecule has 1 N–H and O–H groups in total. The number of hydrogen-bond donors (Lipinski definition) is 1. The molecule has 2 rings (SSSR count).